The molecule has 2 N–H and O–H groups in total. The van der Waals surface area contributed by atoms with Crippen LogP contribution >= 0.6 is 0 Å². The highest BCUT2D eigenvalue weighted by molar-refractivity contribution is 5.63. The summed E-state index contributed by atoms with van der Waals surface area (Å²) < 4.78 is 5.47. The average molecular weight is 203 g/mol. The quantitative estimate of drug-likeness (QED) is 0.804. The summed E-state index contributed by atoms with van der Waals surface area (Å²) in [6.45, 7) is 0. The van der Waals surface area contributed by atoms with Crippen LogP contribution in [0.25, 0.3) is 11.3 Å². The van der Waals surface area contributed by atoms with Gasteiger partial charge in [0.05, 0.1) is 6.20 Å². The summed E-state index contributed by atoms with van der Waals surface area (Å²) in [4.78, 5) is 4.07. The van der Waals surface area contributed by atoms with Gasteiger partial charge in [0.25, 0.3) is 6.01 Å². The Labute approximate surface area is 88.3 Å². The summed E-state index contributed by atoms with van der Waals surface area (Å²) in [6.07, 6.45) is 1.71. The third kappa shape index (κ3) is 1.93. The fourth-order valence-electron chi connectivity index (χ4n) is 1.35. The molecule has 0 saturated heterocycles. The van der Waals surface area contributed by atoms with Crippen LogP contribution in [0, 0.1) is 0 Å². The van der Waals surface area contributed by atoms with Crippen LogP contribution in [0.4, 0.5) is 11.7 Å². The minimum atomic E-state index is 0.528. The van der Waals surface area contributed by atoms with Crippen LogP contribution < -0.4 is 10.6 Å². The SMILES string of the molecule is CNc1cccc(-c2cnc(NC)o2)c1. The number of nitrogens with zero attached hydrogens (tertiary/aromatic N) is 1. The van der Waals surface area contributed by atoms with E-state index in [1.54, 1.807) is 13.2 Å². The molecule has 0 aliphatic heterocycles. The van der Waals surface area contributed by atoms with E-state index in [1.165, 1.54) is 0 Å². The molecule has 0 saturated carbocycles. The molecular weight excluding hydrogens is 190 g/mol. The summed E-state index contributed by atoms with van der Waals surface area (Å²) in [5.74, 6) is 0.761. The molecule has 0 spiro atoms. The van der Waals surface area contributed by atoms with Crippen LogP contribution in [-0.2, 0) is 0 Å². The number of hydrogen-bond donors (Lipinski definition) is 2. The number of nitrogens with one attached hydrogen (secondary N) is 2. The van der Waals surface area contributed by atoms with E-state index >= 15 is 0 Å². The minimum Gasteiger partial charge on any atom is -0.424 e. The second-order valence-electron chi connectivity index (χ2n) is 3.11. The molecule has 78 valence electrons. The van der Waals surface area contributed by atoms with Crippen molar-refractivity contribution in [3.8, 4) is 11.3 Å². The van der Waals surface area contributed by atoms with Crippen molar-refractivity contribution in [2.24, 2.45) is 0 Å². The summed E-state index contributed by atoms with van der Waals surface area (Å²) in [5.41, 5.74) is 2.06. The summed E-state index contributed by atoms with van der Waals surface area (Å²) in [6, 6.07) is 8.50. The van der Waals surface area contributed by atoms with Gasteiger partial charge in [-0.2, -0.15) is 0 Å². The third-order valence-corrected chi connectivity index (χ3v) is 2.16. The van der Waals surface area contributed by atoms with Crippen LogP contribution in [0.2, 0.25) is 0 Å². The molecule has 1 aromatic heterocycles. The number of aromatic nitrogens is 1. The van der Waals surface area contributed by atoms with E-state index in [-0.39, 0.29) is 0 Å². The maximum Gasteiger partial charge on any atom is 0.294 e. The summed E-state index contributed by atoms with van der Waals surface area (Å²) >= 11 is 0. The Morgan fingerprint density at radius 1 is 1.20 bits per heavy atom. The third-order valence-electron chi connectivity index (χ3n) is 2.16. The fourth-order valence-corrected chi connectivity index (χ4v) is 1.35. The molecule has 0 aliphatic carbocycles. The Hall–Kier alpha value is -1.97. The molecule has 1 aromatic carbocycles. The van der Waals surface area contributed by atoms with Crippen molar-refractivity contribution in [3.05, 3.63) is 30.5 Å². The lowest BCUT2D eigenvalue weighted by Crippen LogP contribution is -1.87. The number of rotatable bonds is 3. The summed E-state index contributed by atoms with van der Waals surface area (Å²) in [7, 11) is 3.66. The lowest BCUT2D eigenvalue weighted by atomic mass is 10.1. The van der Waals surface area contributed by atoms with Crippen molar-refractivity contribution in [3.63, 3.8) is 0 Å². The molecule has 2 rings (SSSR count). The Morgan fingerprint density at radius 3 is 2.73 bits per heavy atom. The number of benzene rings is 1. The monoisotopic (exact) mass is 203 g/mol. The highest BCUT2D eigenvalue weighted by Gasteiger charge is 2.04. The van der Waals surface area contributed by atoms with Gasteiger partial charge in [0.1, 0.15) is 0 Å². The average Bonchev–Trinajstić information content (AvgIpc) is 2.78. The number of hydrogen-bond acceptors (Lipinski definition) is 4. The van der Waals surface area contributed by atoms with Crippen molar-refractivity contribution in [2.75, 3.05) is 24.7 Å². The van der Waals surface area contributed by atoms with E-state index in [1.807, 2.05) is 31.3 Å². The van der Waals surface area contributed by atoms with Crippen molar-refractivity contribution in [2.45, 2.75) is 0 Å². The molecule has 15 heavy (non-hydrogen) atoms. The van der Waals surface area contributed by atoms with Gasteiger partial charge in [-0.05, 0) is 12.1 Å². The maximum atomic E-state index is 5.47. The summed E-state index contributed by atoms with van der Waals surface area (Å²) in [5, 5.41) is 5.93. The van der Waals surface area contributed by atoms with Crippen molar-refractivity contribution in [1.29, 1.82) is 0 Å². The molecule has 0 bridgehead atoms. The van der Waals surface area contributed by atoms with Gasteiger partial charge >= 0.3 is 0 Å². The van der Waals surface area contributed by atoms with Crippen LogP contribution in [0.1, 0.15) is 0 Å². The second-order valence-corrected chi connectivity index (χ2v) is 3.11. The normalized spacial score (nSPS) is 10.0. The molecule has 2 aromatic rings. The van der Waals surface area contributed by atoms with Crippen molar-refractivity contribution < 1.29 is 4.42 Å². The lowest BCUT2D eigenvalue weighted by Gasteiger charge is -2.01. The first-order valence-corrected chi connectivity index (χ1v) is 4.75. The molecule has 0 aliphatic rings. The second kappa shape index (κ2) is 4.04. The van der Waals surface area contributed by atoms with E-state index in [9.17, 15) is 0 Å². The smallest absolute Gasteiger partial charge is 0.294 e. The van der Waals surface area contributed by atoms with Crippen LogP contribution in [-0.4, -0.2) is 19.1 Å². The zero-order chi connectivity index (χ0) is 10.7. The topological polar surface area (TPSA) is 50.1 Å². The van der Waals surface area contributed by atoms with Gasteiger partial charge in [-0.3, -0.25) is 0 Å². The predicted molar refractivity (Wildman–Crippen MR) is 61.0 cm³/mol. The zero-order valence-electron chi connectivity index (χ0n) is 8.74. The van der Waals surface area contributed by atoms with E-state index in [0.717, 1.165) is 17.0 Å². The van der Waals surface area contributed by atoms with Gasteiger partial charge in [0.15, 0.2) is 5.76 Å². The van der Waals surface area contributed by atoms with Gasteiger partial charge in [-0.1, -0.05) is 12.1 Å². The number of oxazole rings is 1. The van der Waals surface area contributed by atoms with E-state index < -0.39 is 0 Å². The van der Waals surface area contributed by atoms with E-state index in [4.69, 9.17) is 4.42 Å². The minimum absolute atomic E-state index is 0.528. The predicted octanol–water partition coefficient (Wildman–Crippen LogP) is 2.42. The largest absolute Gasteiger partial charge is 0.424 e. The van der Waals surface area contributed by atoms with Gasteiger partial charge in [0, 0.05) is 25.3 Å². The highest BCUT2D eigenvalue weighted by atomic mass is 16.4. The molecule has 4 nitrogen and oxygen atoms in total. The first-order valence-electron chi connectivity index (χ1n) is 4.75. The molecule has 4 heteroatoms. The first-order chi connectivity index (χ1) is 7.33. The molecule has 1 heterocycles. The molecule has 0 amide bonds. The first kappa shape index (κ1) is 9.58. The van der Waals surface area contributed by atoms with Crippen LogP contribution in [0.15, 0.2) is 34.9 Å². The Kier molecular flexibility index (Phi) is 2.58. The van der Waals surface area contributed by atoms with Gasteiger partial charge in [0.2, 0.25) is 0 Å². The van der Waals surface area contributed by atoms with Crippen LogP contribution in [0.3, 0.4) is 0 Å². The molecular formula is C11H13N3O. The number of anilines is 2. The fraction of sp³-hybridized carbons (Fsp3) is 0.182. The van der Waals surface area contributed by atoms with E-state index in [0.29, 0.717) is 6.01 Å². The highest BCUT2D eigenvalue weighted by Crippen LogP contribution is 2.24. The van der Waals surface area contributed by atoms with Crippen molar-refractivity contribution >= 4 is 11.7 Å². The van der Waals surface area contributed by atoms with Crippen LogP contribution in [0.5, 0.6) is 0 Å². The lowest BCUT2D eigenvalue weighted by molar-refractivity contribution is 0.590. The zero-order valence-corrected chi connectivity index (χ0v) is 8.74. The molecule has 0 atom stereocenters. The molecule has 0 unspecified atom stereocenters. The molecule has 0 radical (unpaired) electrons. The maximum absolute atomic E-state index is 5.47. The molecule has 0 fully saturated rings. The Bertz CT molecular complexity index is 451. The van der Waals surface area contributed by atoms with Gasteiger partial charge in [-0.25, -0.2) is 4.98 Å². The standard InChI is InChI=1S/C11H13N3O/c1-12-9-5-3-4-8(6-9)10-7-14-11(13-2)15-10/h3-7,12H,1-2H3,(H,13,14). The van der Waals surface area contributed by atoms with Gasteiger partial charge < -0.3 is 15.1 Å². The van der Waals surface area contributed by atoms with Crippen molar-refractivity contribution in [1.82, 2.24) is 4.98 Å². The van der Waals surface area contributed by atoms with Gasteiger partial charge in [-0.15, -0.1) is 0 Å². The van der Waals surface area contributed by atoms with E-state index in [2.05, 4.69) is 15.6 Å². The Balaban J connectivity index is 2.35. The Morgan fingerprint density at radius 2 is 2.07 bits per heavy atom.